The molecule has 0 aliphatic heterocycles. The number of anilines is 1. The van der Waals surface area contributed by atoms with Crippen LogP contribution in [0.3, 0.4) is 0 Å². The van der Waals surface area contributed by atoms with Crippen LogP contribution in [0.2, 0.25) is 0 Å². The fraction of sp³-hybridized carbons (Fsp3) is 0.429. The summed E-state index contributed by atoms with van der Waals surface area (Å²) in [5, 5.41) is 17.7. The lowest BCUT2D eigenvalue weighted by molar-refractivity contribution is -0.145. The summed E-state index contributed by atoms with van der Waals surface area (Å²) in [6, 6.07) is 0.715. The molecule has 3 N–H and O–H groups in total. The van der Waals surface area contributed by atoms with E-state index < -0.39 is 44.4 Å². The Kier molecular flexibility index (Phi) is 6.39. The highest BCUT2D eigenvalue weighted by Gasteiger charge is 2.30. The van der Waals surface area contributed by atoms with E-state index in [1.54, 1.807) is 6.92 Å². The Balaban J connectivity index is 3.47. The number of rotatable bonds is 8. The summed E-state index contributed by atoms with van der Waals surface area (Å²) in [6.45, 7) is 2.98. The minimum Gasteiger partial charge on any atom is -0.481 e. The van der Waals surface area contributed by atoms with Crippen molar-refractivity contribution >= 4 is 37.7 Å². The maximum atomic E-state index is 12.5. The molecule has 0 spiro atoms. The summed E-state index contributed by atoms with van der Waals surface area (Å²) in [7, 11) is -6.82. The molecule has 1 atom stereocenters. The van der Waals surface area contributed by atoms with Crippen molar-refractivity contribution in [2.24, 2.45) is 0 Å². The van der Waals surface area contributed by atoms with Gasteiger partial charge in [0.2, 0.25) is 20.0 Å². The van der Waals surface area contributed by atoms with Crippen molar-refractivity contribution in [2.75, 3.05) is 17.6 Å². The summed E-state index contributed by atoms with van der Waals surface area (Å²) < 4.78 is 51.5. The molecule has 1 aromatic rings. The van der Waals surface area contributed by atoms with Gasteiger partial charge in [-0.1, -0.05) is 6.07 Å². The normalized spacial score (nSPS) is 13.2. The highest BCUT2D eigenvalue weighted by Crippen LogP contribution is 2.30. The van der Waals surface area contributed by atoms with Gasteiger partial charge in [-0.05, 0) is 31.0 Å². The van der Waals surface area contributed by atoms with Crippen LogP contribution in [0.1, 0.15) is 17.5 Å². The number of carboxylic acid groups (broad SMARTS) is 2. The molecule has 0 saturated carbocycles. The Morgan fingerprint density at radius 1 is 1.15 bits per heavy atom. The number of benzene rings is 1. The fourth-order valence-electron chi connectivity index (χ4n) is 2.36. The van der Waals surface area contributed by atoms with Crippen molar-refractivity contribution in [2.45, 2.75) is 31.2 Å². The van der Waals surface area contributed by atoms with Gasteiger partial charge in [0.25, 0.3) is 0 Å². The fourth-order valence-corrected chi connectivity index (χ4v) is 4.41. The minimum absolute atomic E-state index is 0.0879. The number of nitrogens with zero attached hydrogens (tertiary/aromatic N) is 1. The van der Waals surface area contributed by atoms with Crippen LogP contribution in [0.25, 0.3) is 0 Å². The van der Waals surface area contributed by atoms with Gasteiger partial charge in [-0.15, -0.1) is 0 Å². The Bertz CT molecular complexity index is 938. The van der Waals surface area contributed by atoms with E-state index in [-0.39, 0.29) is 16.1 Å². The summed E-state index contributed by atoms with van der Waals surface area (Å²) in [6.07, 6.45) is 0.00813. The molecule has 0 aliphatic rings. The maximum absolute atomic E-state index is 12.5. The quantitative estimate of drug-likeness (QED) is 0.538. The monoisotopic (exact) mass is 408 g/mol. The highest BCUT2D eigenvalue weighted by atomic mass is 32.2. The molecule has 0 saturated heterocycles. The van der Waals surface area contributed by atoms with E-state index in [0.717, 1.165) is 10.6 Å². The average molecular weight is 408 g/mol. The standard InChI is InChI=1S/C14H20N2O8S2/c1-8-5-6-11(9(2)13(8)16(3)25(4,21)22)26(23,24)15-10(14(19)20)7-12(17)18/h5-6,10,15H,7H2,1-4H3,(H,17,18)(H,19,20)/t10-/m0/s1. The van der Waals surface area contributed by atoms with Crippen LogP contribution in [0.15, 0.2) is 17.0 Å². The van der Waals surface area contributed by atoms with Crippen molar-refractivity contribution in [3.63, 3.8) is 0 Å². The number of carboxylic acids is 2. The molecular formula is C14H20N2O8S2. The largest absolute Gasteiger partial charge is 0.481 e. The minimum atomic E-state index is -4.41. The number of hydrogen-bond donors (Lipinski definition) is 3. The third-order valence-electron chi connectivity index (χ3n) is 3.66. The number of nitrogens with one attached hydrogen (secondary N) is 1. The molecular weight excluding hydrogens is 388 g/mol. The summed E-state index contributed by atoms with van der Waals surface area (Å²) >= 11 is 0. The second-order valence-electron chi connectivity index (χ2n) is 5.69. The van der Waals surface area contributed by atoms with Crippen molar-refractivity contribution in [1.29, 1.82) is 0 Å². The third kappa shape index (κ3) is 4.93. The van der Waals surface area contributed by atoms with Crippen LogP contribution in [0.4, 0.5) is 5.69 Å². The Labute approximate surface area is 151 Å². The Hall–Kier alpha value is -2.18. The van der Waals surface area contributed by atoms with Gasteiger partial charge in [0, 0.05) is 7.05 Å². The molecule has 0 amide bonds. The first kappa shape index (κ1) is 21.9. The van der Waals surface area contributed by atoms with E-state index in [0.29, 0.717) is 5.56 Å². The maximum Gasteiger partial charge on any atom is 0.322 e. The van der Waals surface area contributed by atoms with Crippen molar-refractivity contribution < 1.29 is 36.6 Å². The number of carbonyl (C=O) groups is 2. The van der Waals surface area contributed by atoms with Gasteiger partial charge in [-0.25, -0.2) is 16.8 Å². The summed E-state index contributed by atoms with van der Waals surface area (Å²) in [5.74, 6) is -3.13. The molecule has 1 rings (SSSR count). The summed E-state index contributed by atoms with van der Waals surface area (Å²) in [4.78, 5) is 21.5. The predicted molar refractivity (Wildman–Crippen MR) is 93.2 cm³/mol. The smallest absolute Gasteiger partial charge is 0.322 e. The molecule has 146 valence electrons. The van der Waals surface area contributed by atoms with Gasteiger partial charge in [0.15, 0.2) is 0 Å². The first-order valence-corrected chi connectivity index (χ1v) is 10.5. The predicted octanol–water partition coefficient (Wildman–Crippen LogP) is -0.0946. The zero-order chi connectivity index (χ0) is 20.4. The van der Waals surface area contributed by atoms with Gasteiger partial charge < -0.3 is 10.2 Å². The highest BCUT2D eigenvalue weighted by molar-refractivity contribution is 7.92. The molecule has 12 heteroatoms. The van der Waals surface area contributed by atoms with Crippen LogP contribution < -0.4 is 9.03 Å². The molecule has 10 nitrogen and oxygen atoms in total. The van der Waals surface area contributed by atoms with Crippen LogP contribution >= 0.6 is 0 Å². The van der Waals surface area contributed by atoms with Crippen LogP contribution in [0, 0.1) is 13.8 Å². The third-order valence-corrected chi connectivity index (χ3v) is 6.45. The molecule has 0 aromatic heterocycles. The molecule has 0 heterocycles. The number of sulfonamides is 2. The van der Waals surface area contributed by atoms with E-state index in [1.165, 1.54) is 26.1 Å². The molecule has 0 unspecified atom stereocenters. The molecule has 26 heavy (non-hydrogen) atoms. The van der Waals surface area contributed by atoms with E-state index in [2.05, 4.69) is 0 Å². The van der Waals surface area contributed by atoms with Gasteiger partial charge >= 0.3 is 11.9 Å². The Morgan fingerprint density at radius 3 is 2.12 bits per heavy atom. The number of aryl methyl sites for hydroxylation is 1. The van der Waals surface area contributed by atoms with E-state index in [1.807, 2.05) is 4.72 Å². The van der Waals surface area contributed by atoms with Gasteiger partial charge in [-0.3, -0.25) is 13.9 Å². The molecule has 0 fully saturated rings. The lowest BCUT2D eigenvalue weighted by Gasteiger charge is -2.23. The van der Waals surface area contributed by atoms with Crippen LogP contribution in [0.5, 0.6) is 0 Å². The zero-order valence-corrected chi connectivity index (χ0v) is 16.2. The van der Waals surface area contributed by atoms with E-state index >= 15 is 0 Å². The van der Waals surface area contributed by atoms with E-state index in [9.17, 15) is 26.4 Å². The second kappa shape index (κ2) is 7.60. The molecule has 0 radical (unpaired) electrons. The number of aliphatic carboxylic acids is 2. The van der Waals surface area contributed by atoms with Crippen molar-refractivity contribution in [3.05, 3.63) is 23.3 Å². The lowest BCUT2D eigenvalue weighted by atomic mass is 10.1. The topological polar surface area (TPSA) is 158 Å². The first-order chi connectivity index (χ1) is 11.7. The second-order valence-corrected chi connectivity index (χ2v) is 9.39. The SMILES string of the molecule is Cc1ccc(S(=O)(=O)N[C@@H](CC(=O)O)C(=O)O)c(C)c1N(C)S(C)(=O)=O. The Morgan fingerprint density at radius 2 is 1.69 bits per heavy atom. The molecule has 0 aliphatic carbocycles. The van der Waals surface area contributed by atoms with Crippen molar-refractivity contribution in [1.82, 2.24) is 4.72 Å². The summed E-state index contributed by atoms with van der Waals surface area (Å²) in [5.41, 5.74) is 0.722. The number of hydrogen-bond acceptors (Lipinski definition) is 6. The van der Waals surface area contributed by atoms with Gasteiger partial charge in [0.1, 0.15) is 6.04 Å². The molecule has 1 aromatic carbocycles. The zero-order valence-electron chi connectivity index (χ0n) is 14.5. The van der Waals surface area contributed by atoms with Crippen LogP contribution in [-0.4, -0.2) is 58.3 Å². The van der Waals surface area contributed by atoms with Crippen molar-refractivity contribution in [3.8, 4) is 0 Å². The lowest BCUT2D eigenvalue weighted by Crippen LogP contribution is -2.42. The van der Waals surface area contributed by atoms with E-state index in [4.69, 9.17) is 10.2 Å². The average Bonchev–Trinajstić information content (AvgIpc) is 2.44. The van der Waals surface area contributed by atoms with Gasteiger partial charge in [-0.2, -0.15) is 4.72 Å². The first-order valence-electron chi connectivity index (χ1n) is 7.19. The molecule has 0 bridgehead atoms. The van der Waals surface area contributed by atoms with Gasteiger partial charge in [0.05, 0.1) is 23.3 Å². The van der Waals surface area contributed by atoms with Crippen LogP contribution in [-0.2, 0) is 29.6 Å².